The Morgan fingerprint density at radius 3 is 1.81 bits per heavy atom. The summed E-state index contributed by atoms with van der Waals surface area (Å²) in [6.07, 6.45) is 0.921. The van der Waals surface area contributed by atoms with Crippen molar-refractivity contribution in [3.8, 4) is 0 Å². The lowest BCUT2D eigenvalue weighted by Gasteiger charge is -2.23. The normalized spacial score (nSPS) is 24.2. The van der Waals surface area contributed by atoms with Crippen molar-refractivity contribution < 1.29 is 13.2 Å². The zero-order valence-electron chi connectivity index (χ0n) is 14.9. The van der Waals surface area contributed by atoms with E-state index in [0.717, 1.165) is 23.4 Å². The van der Waals surface area contributed by atoms with Crippen LogP contribution in [0.25, 0.3) is 0 Å². The fourth-order valence-corrected chi connectivity index (χ4v) is 5.82. The first-order chi connectivity index (χ1) is 12.4. The van der Waals surface area contributed by atoms with Crippen molar-refractivity contribution in [2.24, 2.45) is 0 Å². The second kappa shape index (κ2) is 6.13. The topological polar surface area (TPSA) is 57.7 Å². The van der Waals surface area contributed by atoms with Crippen LogP contribution in [0.1, 0.15) is 18.1 Å². The third-order valence-electron chi connectivity index (χ3n) is 5.30. The second-order valence-corrected chi connectivity index (χ2v) is 9.24. The molecule has 2 aliphatic heterocycles. The molecule has 6 heteroatoms. The van der Waals surface area contributed by atoms with Crippen molar-refractivity contribution in [2.45, 2.75) is 32.4 Å². The zero-order valence-corrected chi connectivity index (χ0v) is 15.7. The largest absolute Gasteiger partial charge is 0.329 e. The van der Waals surface area contributed by atoms with Gasteiger partial charge in [0.15, 0.2) is 9.84 Å². The lowest BCUT2D eigenvalue weighted by molar-refractivity contribution is 0.255. The molecule has 2 amide bonds. The van der Waals surface area contributed by atoms with E-state index in [2.05, 4.69) is 6.92 Å². The molecule has 0 unspecified atom stereocenters. The summed E-state index contributed by atoms with van der Waals surface area (Å²) in [6, 6.07) is 14.6. The first-order valence-electron chi connectivity index (χ1n) is 8.88. The maximum absolute atomic E-state index is 13.2. The lowest BCUT2D eigenvalue weighted by Crippen LogP contribution is -2.37. The fourth-order valence-electron chi connectivity index (χ4n) is 3.90. The molecule has 2 heterocycles. The molecule has 0 bridgehead atoms. The Hall–Kier alpha value is -2.34. The van der Waals surface area contributed by atoms with E-state index in [1.807, 2.05) is 55.5 Å². The second-order valence-electron chi connectivity index (χ2n) is 7.09. The van der Waals surface area contributed by atoms with Crippen LogP contribution in [0.5, 0.6) is 0 Å². The number of sulfone groups is 1. The van der Waals surface area contributed by atoms with Gasteiger partial charge in [0, 0.05) is 11.4 Å². The summed E-state index contributed by atoms with van der Waals surface area (Å²) in [5.41, 5.74) is 3.80. The Kier molecular flexibility index (Phi) is 4.03. The van der Waals surface area contributed by atoms with Crippen LogP contribution in [0.4, 0.5) is 16.2 Å². The maximum Gasteiger partial charge on any atom is 0.329 e. The monoisotopic (exact) mass is 370 g/mol. The molecule has 2 saturated heterocycles. The number of carbonyl (C=O) groups is 1. The number of amides is 2. The SMILES string of the molecule is CCc1ccc(N2C(=O)N(c3ccc(C)cc3)[C@@H]3CS(=O)(=O)C[C@H]32)cc1. The van der Waals surface area contributed by atoms with Crippen molar-refractivity contribution >= 4 is 27.2 Å². The molecule has 2 aromatic carbocycles. The van der Waals surface area contributed by atoms with Crippen molar-refractivity contribution in [3.63, 3.8) is 0 Å². The fraction of sp³-hybridized carbons (Fsp3) is 0.350. The predicted molar refractivity (Wildman–Crippen MR) is 104 cm³/mol. The Bertz CT molecular complexity index is 936. The van der Waals surface area contributed by atoms with Crippen LogP contribution in [0.15, 0.2) is 48.5 Å². The highest BCUT2D eigenvalue weighted by molar-refractivity contribution is 7.91. The molecule has 5 nitrogen and oxygen atoms in total. The molecule has 136 valence electrons. The highest BCUT2D eigenvalue weighted by Gasteiger charge is 2.54. The van der Waals surface area contributed by atoms with E-state index in [4.69, 9.17) is 0 Å². The Balaban J connectivity index is 1.77. The molecule has 4 rings (SSSR count). The molecule has 2 atom stereocenters. The number of aryl methyl sites for hydroxylation is 2. The molecule has 0 spiro atoms. The van der Waals surface area contributed by atoms with Gasteiger partial charge in [-0.3, -0.25) is 9.80 Å². The summed E-state index contributed by atoms with van der Waals surface area (Å²) in [4.78, 5) is 16.5. The number of hydrogen-bond donors (Lipinski definition) is 0. The molecule has 26 heavy (non-hydrogen) atoms. The van der Waals surface area contributed by atoms with Crippen molar-refractivity contribution in [3.05, 3.63) is 59.7 Å². The number of urea groups is 1. The van der Waals surface area contributed by atoms with Gasteiger partial charge in [-0.2, -0.15) is 0 Å². The van der Waals surface area contributed by atoms with Gasteiger partial charge in [-0.25, -0.2) is 13.2 Å². The van der Waals surface area contributed by atoms with Gasteiger partial charge < -0.3 is 0 Å². The third kappa shape index (κ3) is 2.78. The number of fused-ring (bicyclic) bond motifs is 1. The van der Waals surface area contributed by atoms with Crippen molar-refractivity contribution in [1.29, 1.82) is 0 Å². The van der Waals surface area contributed by atoms with Crippen LogP contribution in [0.3, 0.4) is 0 Å². The number of anilines is 2. The van der Waals surface area contributed by atoms with Crippen LogP contribution in [-0.2, 0) is 16.3 Å². The smallest absolute Gasteiger partial charge is 0.288 e. The number of carbonyl (C=O) groups excluding carboxylic acids is 1. The number of hydrogen-bond acceptors (Lipinski definition) is 3. The molecule has 2 fully saturated rings. The molecular formula is C20H22N2O3S. The number of rotatable bonds is 3. The van der Waals surface area contributed by atoms with E-state index in [-0.39, 0.29) is 29.6 Å². The molecule has 0 saturated carbocycles. The summed E-state index contributed by atoms with van der Waals surface area (Å²) in [7, 11) is -3.17. The minimum atomic E-state index is -3.17. The summed E-state index contributed by atoms with van der Waals surface area (Å²) in [5, 5.41) is 0. The highest BCUT2D eigenvalue weighted by Crippen LogP contribution is 2.38. The van der Waals surface area contributed by atoms with Gasteiger partial charge >= 0.3 is 6.03 Å². The van der Waals surface area contributed by atoms with Gasteiger partial charge in [0.25, 0.3) is 0 Å². The lowest BCUT2D eigenvalue weighted by atomic mass is 10.1. The van der Waals surface area contributed by atoms with Gasteiger partial charge in [-0.1, -0.05) is 36.8 Å². The first kappa shape index (κ1) is 17.1. The van der Waals surface area contributed by atoms with E-state index < -0.39 is 9.84 Å². The highest BCUT2D eigenvalue weighted by atomic mass is 32.2. The first-order valence-corrected chi connectivity index (χ1v) is 10.7. The van der Waals surface area contributed by atoms with Crippen molar-refractivity contribution in [1.82, 2.24) is 0 Å². The summed E-state index contributed by atoms with van der Waals surface area (Å²) >= 11 is 0. The van der Waals surface area contributed by atoms with Gasteiger partial charge in [0.2, 0.25) is 0 Å². The minimum absolute atomic E-state index is 0.0147. The van der Waals surface area contributed by atoms with Crippen LogP contribution in [-0.4, -0.2) is 38.0 Å². The quantitative estimate of drug-likeness (QED) is 0.780. The molecule has 0 aliphatic carbocycles. The maximum atomic E-state index is 13.2. The summed E-state index contributed by atoms with van der Waals surface area (Å²) in [5.74, 6) is 0.0299. The molecule has 0 N–H and O–H groups in total. The van der Waals surface area contributed by atoms with E-state index >= 15 is 0 Å². The van der Waals surface area contributed by atoms with Crippen LogP contribution >= 0.6 is 0 Å². The number of benzene rings is 2. The molecule has 0 aromatic heterocycles. The summed E-state index contributed by atoms with van der Waals surface area (Å²) in [6.45, 7) is 4.06. The predicted octanol–water partition coefficient (Wildman–Crippen LogP) is 3.17. The average Bonchev–Trinajstić information content (AvgIpc) is 3.05. The van der Waals surface area contributed by atoms with Crippen LogP contribution < -0.4 is 9.80 Å². The Morgan fingerprint density at radius 1 is 0.885 bits per heavy atom. The van der Waals surface area contributed by atoms with Crippen LogP contribution in [0.2, 0.25) is 0 Å². The van der Waals surface area contributed by atoms with E-state index in [1.54, 1.807) is 9.80 Å². The third-order valence-corrected chi connectivity index (χ3v) is 7.00. The zero-order chi connectivity index (χ0) is 18.5. The minimum Gasteiger partial charge on any atom is -0.288 e. The Morgan fingerprint density at radius 2 is 1.35 bits per heavy atom. The van der Waals surface area contributed by atoms with Gasteiger partial charge in [0.1, 0.15) is 0 Å². The standard InChI is InChI=1S/C20H22N2O3S/c1-3-15-6-10-17(11-7-15)22-19-13-26(24,25)12-18(19)21(20(22)23)16-8-4-14(2)5-9-16/h4-11,18-19H,3,12-13H2,1-2H3/t18-,19-/m1/s1. The van der Waals surface area contributed by atoms with Gasteiger partial charge in [0.05, 0.1) is 23.6 Å². The average molecular weight is 370 g/mol. The molecule has 0 radical (unpaired) electrons. The number of nitrogens with zero attached hydrogens (tertiary/aromatic N) is 2. The summed E-state index contributed by atoms with van der Waals surface area (Å²) < 4.78 is 24.6. The van der Waals surface area contributed by atoms with Gasteiger partial charge in [-0.15, -0.1) is 0 Å². The molecule has 2 aliphatic rings. The van der Waals surface area contributed by atoms with Crippen LogP contribution in [0, 0.1) is 6.92 Å². The molecular weight excluding hydrogens is 348 g/mol. The Labute approximate surface area is 154 Å². The van der Waals surface area contributed by atoms with E-state index in [1.165, 1.54) is 5.56 Å². The molecule has 2 aromatic rings. The van der Waals surface area contributed by atoms with E-state index in [9.17, 15) is 13.2 Å². The van der Waals surface area contributed by atoms with Crippen molar-refractivity contribution in [2.75, 3.05) is 21.3 Å². The van der Waals surface area contributed by atoms with E-state index in [0.29, 0.717) is 0 Å². The van der Waals surface area contributed by atoms with Gasteiger partial charge in [-0.05, 0) is 43.2 Å².